The van der Waals surface area contributed by atoms with Crippen molar-refractivity contribution < 1.29 is 13.9 Å². The van der Waals surface area contributed by atoms with Gasteiger partial charge in [0.05, 0.1) is 18.2 Å². The van der Waals surface area contributed by atoms with Crippen LogP contribution >= 0.6 is 15.9 Å². The zero-order valence-corrected chi connectivity index (χ0v) is 20.8. The third kappa shape index (κ3) is 7.24. The lowest BCUT2D eigenvalue weighted by Crippen LogP contribution is -2.40. The van der Waals surface area contributed by atoms with E-state index in [9.17, 15) is 0 Å². The van der Waals surface area contributed by atoms with Gasteiger partial charge in [0, 0.05) is 12.8 Å². The number of rotatable bonds is 10. The minimum Gasteiger partial charge on any atom is -0.491 e. The molecule has 27 heavy (non-hydrogen) atoms. The average Bonchev–Trinajstić information content (AvgIpc) is 2.56. The quantitative estimate of drug-likeness (QED) is 0.284. The predicted molar refractivity (Wildman–Crippen MR) is 120 cm³/mol. The van der Waals surface area contributed by atoms with Crippen LogP contribution in [0.1, 0.15) is 59.6 Å². The van der Waals surface area contributed by atoms with Crippen molar-refractivity contribution in [2.24, 2.45) is 0 Å². The van der Waals surface area contributed by atoms with Crippen molar-refractivity contribution in [2.45, 2.75) is 72.0 Å². The summed E-state index contributed by atoms with van der Waals surface area (Å²) in [5, 5.41) is 0.228. The molecule has 0 unspecified atom stereocenters. The van der Waals surface area contributed by atoms with Gasteiger partial charge in [0.15, 0.2) is 19.8 Å². The van der Waals surface area contributed by atoms with Gasteiger partial charge in [-0.25, -0.2) is 0 Å². The van der Waals surface area contributed by atoms with E-state index in [1.54, 1.807) is 13.3 Å². The summed E-state index contributed by atoms with van der Waals surface area (Å²) in [6.07, 6.45) is 6.81. The van der Waals surface area contributed by atoms with Gasteiger partial charge in [-0.05, 0) is 59.9 Å². The summed E-state index contributed by atoms with van der Waals surface area (Å²) in [6, 6.07) is 0. The highest BCUT2D eigenvalue weighted by Crippen LogP contribution is 2.38. The van der Waals surface area contributed by atoms with E-state index in [4.69, 9.17) is 13.9 Å². The molecule has 0 N–H and O–H groups in total. The van der Waals surface area contributed by atoms with Crippen molar-refractivity contribution >= 4 is 30.3 Å². The SMILES string of the molecule is CCCCOc1c(Br)cnc(/C=C(\C)CCO[Si](C)(C)C(C)(C)C)c1OC. The van der Waals surface area contributed by atoms with E-state index in [1.807, 2.05) is 0 Å². The summed E-state index contributed by atoms with van der Waals surface area (Å²) in [7, 11) is -0.0543. The third-order valence-corrected chi connectivity index (χ3v) is 10.2. The molecule has 1 heterocycles. The van der Waals surface area contributed by atoms with Gasteiger partial charge in [0.2, 0.25) is 0 Å². The molecule has 0 fully saturated rings. The molecule has 0 radical (unpaired) electrons. The van der Waals surface area contributed by atoms with E-state index in [1.165, 1.54) is 5.57 Å². The maximum Gasteiger partial charge on any atom is 0.191 e. The van der Waals surface area contributed by atoms with Gasteiger partial charge < -0.3 is 13.9 Å². The van der Waals surface area contributed by atoms with Crippen molar-refractivity contribution in [1.82, 2.24) is 4.98 Å². The van der Waals surface area contributed by atoms with Crippen LogP contribution < -0.4 is 9.47 Å². The molecule has 0 bridgehead atoms. The Morgan fingerprint density at radius 3 is 2.44 bits per heavy atom. The molecule has 0 aliphatic carbocycles. The summed E-state index contributed by atoms with van der Waals surface area (Å²) < 4.78 is 18.6. The smallest absolute Gasteiger partial charge is 0.191 e. The van der Waals surface area contributed by atoms with Gasteiger partial charge in [0.25, 0.3) is 0 Å². The molecule has 0 aliphatic heterocycles. The number of pyridine rings is 1. The van der Waals surface area contributed by atoms with Gasteiger partial charge in [-0.2, -0.15) is 0 Å². The molecule has 0 aromatic carbocycles. The minimum atomic E-state index is -1.71. The molecule has 0 saturated heterocycles. The standard InChI is InChI=1S/C21H36BrNO3Si/c1-9-10-12-25-19-17(22)15-23-18(20(19)24-6)14-16(2)11-13-26-27(7,8)21(3,4)5/h14-15H,9-13H2,1-8H3/b16-14+. The number of aromatic nitrogens is 1. The number of nitrogens with zero attached hydrogens (tertiary/aromatic N) is 1. The van der Waals surface area contributed by atoms with Gasteiger partial charge >= 0.3 is 0 Å². The fourth-order valence-corrected chi connectivity index (χ4v) is 3.65. The van der Waals surface area contributed by atoms with Crippen LogP contribution in [0.3, 0.4) is 0 Å². The highest BCUT2D eigenvalue weighted by molar-refractivity contribution is 9.10. The Balaban J connectivity index is 2.88. The van der Waals surface area contributed by atoms with Crippen molar-refractivity contribution in [1.29, 1.82) is 0 Å². The second-order valence-corrected chi connectivity index (χ2v) is 14.1. The molecule has 0 amide bonds. The largest absolute Gasteiger partial charge is 0.491 e. The van der Waals surface area contributed by atoms with E-state index in [0.29, 0.717) is 12.4 Å². The number of unbranched alkanes of at least 4 members (excludes halogenated alkanes) is 1. The number of hydrogen-bond donors (Lipinski definition) is 0. The maximum absolute atomic E-state index is 6.28. The number of halogens is 1. The van der Waals surface area contributed by atoms with Crippen LogP contribution in [0.5, 0.6) is 11.5 Å². The predicted octanol–water partition coefficient (Wildman–Crippen LogP) is 6.85. The van der Waals surface area contributed by atoms with E-state index < -0.39 is 8.32 Å². The fraction of sp³-hybridized carbons (Fsp3) is 0.667. The van der Waals surface area contributed by atoms with Gasteiger partial charge in [-0.1, -0.05) is 39.7 Å². The Hall–Kier alpha value is -0.853. The van der Waals surface area contributed by atoms with Gasteiger partial charge in [-0.15, -0.1) is 0 Å². The molecule has 4 nitrogen and oxygen atoms in total. The zero-order chi connectivity index (χ0) is 20.7. The Morgan fingerprint density at radius 1 is 1.22 bits per heavy atom. The van der Waals surface area contributed by atoms with Crippen LogP contribution in [0.2, 0.25) is 18.1 Å². The molecule has 0 spiro atoms. The summed E-state index contributed by atoms with van der Waals surface area (Å²) >= 11 is 3.52. The monoisotopic (exact) mass is 457 g/mol. The summed E-state index contributed by atoms with van der Waals surface area (Å²) in [5.74, 6) is 1.39. The lowest BCUT2D eigenvalue weighted by Gasteiger charge is -2.36. The Kier molecular flexibility index (Phi) is 9.52. The molecule has 1 aromatic heterocycles. The van der Waals surface area contributed by atoms with Gasteiger partial charge in [-0.3, -0.25) is 4.98 Å². The van der Waals surface area contributed by atoms with E-state index >= 15 is 0 Å². The van der Waals surface area contributed by atoms with E-state index in [0.717, 1.165) is 41.8 Å². The molecular formula is C21H36BrNO3Si. The lowest BCUT2D eigenvalue weighted by molar-refractivity contribution is 0.285. The van der Waals surface area contributed by atoms with Crippen LogP contribution in [0, 0.1) is 0 Å². The molecule has 1 rings (SSSR count). The van der Waals surface area contributed by atoms with Crippen LogP contribution in [-0.4, -0.2) is 33.6 Å². The van der Waals surface area contributed by atoms with E-state index in [2.05, 4.69) is 74.7 Å². The van der Waals surface area contributed by atoms with Crippen molar-refractivity contribution in [2.75, 3.05) is 20.3 Å². The normalized spacial score (nSPS) is 13.0. The second kappa shape index (κ2) is 10.6. The first-order valence-electron chi connectivity index (χ1n) is 9.70. The molecular weight excluding hydrogens is 422 g/mol. The molecule has 6 heteroatoms. The summed E-state index contributed by atoms with van der Waals surface area (Å²) in [5.41, 5.74) is 2.00. The highest BCUT2D eigenvalue weighted by atomic mass is 79.9. The molecule has 154 valence electrons. The number of hydrogen-bond acceptors (Lipinski definition) is 4. The van der Waals surface area contributed by atoms with Crippen molar-refractivity contribution in [3.8, 4) is 11.5 Å². The second-order valence-electron chi connectivity index (χ2n) is 8.41. The van der Waals surface area contributed by atoms with Crippen LogP contribution in [0.15, 0.2) is 16.2 Å². The van der Waals surface area contributed by atoms with Crippen LogP contribution in [0.25, 0.3) is 6.08 Å². The Labute approximate surface area is 175 Å². The Morgan fingerprint density at radius 2 is 1.89 bits per heavy atom. The fourth-order valence-electron chi connectivity index (χ4n) is 2.21. The molecule has 1 aromatic rings. The topological polar surface area (TPSA) is 40.6 Å². The first kappa shape index (κ1) is 24.2. The average molecular weight is 459 g/mol. The third-order valence-electron chi connectivity index (χ3n) is 5.07. The first-order valence-corrected chi connectivity index (χ1v) is 13.4. The number of methoxy groups -OCH3 is 1. The zero-order valence-electron chi connectivity index (χ0n) is 18.2. The highest BCUT2D eigenvalue weighted by Gasteiger charge is 2.36. The molecule has 0 saturated carbocycles. The summed E-state index contributed by atoms with van der Waals surface area (Å²) in [6.45, 7) is 17.0. The summed E-state index contributed by atoms with van der Waals surface area (Å²) in [4.78, 5) is 4.51. The van der Waals surface area contributed by atoms with E-state index in [-0.39, 0.29) is 5.04 Å². The maximum atomic E-state index is 6.28. The van der Waals surface area contributed by atoms with Crippen LogP contribution in [0.4, 0.5) is 0 Å². The first-order chi connectivity index (χ1) is 12.5. The number of ether oxygens (including phenoxy) is 2. The molecule has 0 atom stereocenters. The van der Waals surface area contributed by atoms with Crippen molar-refractivity contribution in [3.05, 3.63) is 21.9 Å². The minimum absolute atomic E-state index is 0.228. The van der Waals surface area contributed by atoms with Crippen LogP contribution in [-0.2, 0) is 4.43 Å². The van der Waals surface area contributed by atoms with Gasteiger partial charge in [0.1, 0.15) is 5.69 Å². The Bertz CT molecular complexity index is 639. The lowest BCUT2D eigenvalue weighted by atomic mass is 10.1. The van der Waals surface area contributed by atoms with Crippen molar-refractivity contribution in [3.63, 3.8) is 0 Å². The molecule has 0 aliphatic rings.